The molecule has 2 heterocycles. The molecule has 8 heteroatoms. The van der Waals surface area contributed by atoms with Crippen LogP contribution >= 0.6 is 36.2 Å². The molecule has 0 aromatic carbocycles. The SMILES string of the molecule is Cc1ccnc2c1/C(=N/N=C(N)N)CC(c1cccs1)C2.Cl.Cl. The molecule has 1 aliphatic carbocycles. The van der Waals surface area contributed by atoms with E-state index in [0.717, 1.165) is 35.4 Å². The first-order valence-electron chi connectivity index (χ1n) is 6.79. The van der Waals surface area contributed by atoms with E-state index in [1.54, 1.807) is 11.3 Å². The van der Waals surface area contributed by atoms with Gasteiger partial charge >= 0.3 is 0 Å². The molecule has 0 amide bonds. The van der Waals surface area contributed by atoms with Gasteiger partial charge in [0, 0.05) is 29.0 Å². The van der Waals surface area contributed by atoms with Gasteiger partial charge in [-0.15, -0.1) is 41.3 Å². The fourth-order valence-electron chi connectivity index (χ4n) is 2.74. The van der Waals surface area contributed by atoms with Crippen LogP contribution in [0.5, 0.6) is 0 Å². The number of nitrogens with two attached hydrogens (primary N) is 2. The number of nitrogens with zero attached hydrogens (tertiary/aromatic N) is 3. The van der Waals surface area contributed by atoms with E-state index >= 15 is 0 Å². The number of hydrogen-bond acceptors (Lipinski definition) is 4. The molecule has 0 aliphatic heterocycles. The Kier molecular flexibility index (Phi) is 7.00. The predicted octanol–water partition coefficient (Wildman–Crippen LogP) is 3.00. The van der Waals surface area contributed by atoms with Crippen molar-refractivity contribution in [3.63, 3.8) is 0 Å². The van der Waals surface area contributed by atoms with Crippen molar-refractivity contribution >= 4 is 47.8 Å². The molecule has 2 aromatic rings. The summed E-state index contributed by atoms with van der Waals surface area (Å²) in [5.74, 6) is 0.364. The maximum atomic E-state index is 5.40. The fourth-order valence-corrected chi connectivity index (χ4v) is 3.57. The monoisotopic (exact) mass is 371 g/mol. The van der Waals surface area contributed by atoms with Gasteiger partial charge in [0.15, 0.2) is 0 Å². The Hall–Kier alpha value is -1.63. The second-order valence-corrected chi connectivity index (χ2v) is 6.12. The quantitative estimate of drug-likeness (QED) is 0.482. The Balaban J connectivity index is 0.00000132. The van der Waals surface area contributed by atoms with Crippen molar-refractivity contribution in [2.75, 3.05) is 0 Å². The minimum absolute atomic E-state index is 0. The molecule has 1 atom stereocenters. The van der Waals surface area contributed by atoms with Gasteiger partial charge in [-0.05, 0) is 36.4 Å². The third-order valence-corrected chi connectivity index (χ3v) is 4.67. The van der Waals surface area contributed by atoms with Gasteiger partial charge in [-0.25, -0.2) is 0 Å². The highest BCUT2D eigenvalue weighted by Crippen LogP contribution is 2.35. The van der Waals surface area contributed by atoms with E-state index in [0.29, 0.717) is 5.92 Å². The number of fused-ring (bicyclic) bond motifs is 1. The van der Waals surface area contributed by atoms with Crippen LogP contribution in [0.1, 0.15) is 34.0 Å². The van der Waals surface area contributed by atoms with Crippen molar-refractivity contribution < 1.29 is 0 Å². The molecule has 0 radical (unpaired) electrons. The van der Waals surface area contributed by atoms with Gasteiger partial charge < -0.3 is 11.5 Å². The highest BCUT2D eigenvalue weighted by molar-refractivity contribution is 7.10. The van der Waals surface area contributed by atoms with Gasteiger partial charge in [-0.1, -0.05) is 6.07 Å². The third kappa shape index (κ3) is 4.22. The molecule has 2 aromatic heterocycles. The topological polar surface area (TPSA) is 89.6 Å². The van der Waals surface area contributed by atoms with Gasteiger partial charge in [0.25, 0.3) is 0 Å². The molecule has 5 nitrogen and oxygen atoms in total. The van der Waals surface area contributed by atoms with Crippen LogP contribution in [-0.4, -0.2) is 16.7 Å². The lowest BCUT2D eigenvalue weighted by Crippen LogP contribution is -2.24. The highest BCUT2D eigenvalue weighted by atomic mass is 35.5. The zero-order valence-electron chi connectivity index (χ0n) is 12.6. The van der Waals surface area contributed by atoms with Gasteiger partial charge in [0.05, 0.1) is 11.4 Å². The summed E-state index contributed by atoms with van der Waals surface area (Å²) in [5.41, 5.74) is 15.0. The first kappa shape index (κ1) is 19.4. The summed E-state index contributed by atoms with van der Waals surface area (Å²) in [6.07, 6.45) is 3.61. The average Bonchev–Trinajstić information content (AvgIpc) is 2.98. The lowest BCUT2D eigenvalue weighted by molar-refractivity contribution is 0.689. The summed E-state index contributed by atoms with van der Waals surface area (Å²) in [4.78, 5) is 5.88. The molecule has 4 N–H and O–H groups in total. The number of aromatic nitrogens is 1. The van der Waals surface area contributed by atoms with E-state index in [1.165, 1.54) is 4.88 Å². The fraction of sp³-hybridized carbons (Fsp3) is 0.267. The number of halogens is 2. The minimum atomic E-state index is -0.0242. The van der Waals surface area contributed by atoms with E-state index in [1.807, 2.05) is 12.3 Å². The van der Waals surface area contributed by atoms with Gasteiger partial charge in [0.2, 0.25) is 5.96 Å². The van der Waals surface area contributed by atoms with E-state index < -0.39 is 0 Å². The Morgan fingerprint density at radius 2 is 2.04 bits per heavy atom. The van der Waals surface area contributed by atoms with Crippen LogP contribution in [0.3, 0.4) is 0 Å². The Morgan fingerprint density at radius 1 is 1.26 bits per heavy atom. The molecule has 23 heavy (non-hydrogen) atoms. The molecular weight excluding hydrogens is 353 g/mol. The van der Waals surface area contributed by atoms with E-state index in [9.17, 15) is 0 Å². The van der Waals surface area contributed by atoms with Crippen molar-refractivity contribution in [2.24, 2.45) is 21.7 Å². The van der Waals surface area contributed by atoms with Crippen LogP contribution < -0.4 is 11.5 Å². The molecular formula is C15H19Cl2N5S. The lowest BCUT2D eigenvalue weighted by Gasteiger charge is -2.25. The predicted molar refractivity (Wildman–Crippen MR) is 101 cm³/mol. The second-order valence-electron chi connectivity index (χ2n) is 5.14. The lowest BCUT2D eigenvalue weighted by atomic mass is 9.83. The molecule has 0 fully saturated rings. The van der Waals surface area contributed by atoms with Crippen LogP contribution in [0.25, 0.3) is 0 Å². The van der Waals surface area contributed by atoms with E-state index in [4.69, 9.17) is 11.5 Å². The average molecular weight is 372 g/mol. The molecule has 0 saturated heterocycles. The molecule has 1 unspecified atom stereocenters. The standard InChI is InChI=1S/C15H17N5S.2ClH/c1-9-4-5-18-11-7-10(13-3-2-6-21-13)8-12(14(9)11)19-20-15(16)17;;/h2-6,10H,7-8H2,1H3,(H4,16,17,20);2*1H/b19-12+;;. The van der Waals surface area contributed by atoms with Crippen molar-refractivity contribution in [3.05, 3.63) is 51.5 Å². The summed E-state index contributed by atoms with van der Waals surface area (Å²) in [7, 11) is 0. The van der Waals surface area contributed by atoms with E-state index in [2.05, 4.69) is 39.6 Å². The molecule has 1 aliphatic rings. The zero-order valence-corrected chi connectivity index (χ0v) is 15.0. The number of pyridine rings is 1. The summed E-state index contributed by atoms with van der Waals surface area (Å²) in [5, 5.41) is 10.2. The summed E-state index contributed by atoms with van der Waals surface area (Å²) in [6.45, 7) is 2.07. The molecule has 124 valence electrons. The number of aryl methyl sites for hydroxylation is 1. The maximum absolute atomic E-state index is 5.40. The third-order valence-electron chi connectivity index (χ3n) is 3.64. The second kappa shape index (κ2) is 8.29. The summed E-state index contributed by atoms with van der Waals surface area (Å²) in [6, 6.07) is 6.23. The van der Waals surface area contributed by atoms with Crippen LogP contribution in [0.2, 0.25) is 0 Å². The van der Waals surface area contributed by atoms with Crippen LogP contribution in [0.4, 0.5) is 0 Å². The zero-order chi connectivity index (χ0) is 14.8. The van der Waals surface area contributed by atoms with Crippen LogP contribution in [-0.2, 0) is 6.42 Å². The van der Waals surface area contributed by atoms with Crippen LogP contribution in [0.15, 0.2) is 40.0 Å². The largest absolute Gasteiger partial charge is 0.369 e. The Labute approximate surface area is 151 Å². The van der Waals surface area contributed by atoms with Gasteiger partial charge in [-0.3, -0.25) is 4.98 Å². The Morgan fingerprint density at radius 3 is 2.70 bits per heavy atom. The van der Waals surface area contributed by atoms with Crippen molar-refractivity contribution in [3.8, 4) is 0 Å². The van der Waals surface area contributed by atoms with Crippen molar-refractivity contribution in [1.82, 2.24) is 4.98 Å². The van der Waals surface area contributed by atoms with Crippen molar-refractivity contribution in [2.45, 2.75) is 25.7 Å². The van der Waals surface area contributed by atoms with Gasteiger partial charge in [0.1, 0.15) is 0 Å². The molecule has 0 saturated carbocycles. The maximum Gasteiger partial charge on any atom is 0.211 e. The smallest absolute Gasteiger partial charge is 0.211 e. The number of hydrogen-bond donors (Lipinski definition) is 2. The number of thiophene rings is 1. The van der Waals surface area contributed by atoms with E-state index in [-0.39, 0.29) is 30.8 Å². The molecule has 0 bridgehead atoms. The van der Waals surface area contributed by atoms with Crippen molar-refractivity contribution in [1.29, 1.82) is 0 Å². The minimum Gasteiger partial charge on any atom is -0.369 e. The normalized spacial score (nSPS) is 17.6. The van der Waals surface area contributed by atoms with Gasteiger partial charge in [-0.2, -0.15) is 5.10 Å². The Bertz CT molecular complexity index is 709. The number of rotatable bonds is 2. The number of guanidine groups is 1. The highest BCUT2D eigenvalue weighted by Gasteiger charge is 2.27. The molecule has 3 rings (SSSR count). The first-order valence-corrected chi connectivity index (χ1v) is 7.67. The molecule has 0 spiro atoms. The summed E-state index contributed by atoms with van der Waals surface area (Å²) < 4.78 is 0. The summed E-state index contributed by atoms with van der Waals surface area (Å²) >= 11 is 1.77. The van der Waals surface area contributed by atoms with Crippen LogP contribution in [0, 0.1) is 6.92 Å². The first-order chi connectivity index (χ1) is 10.1.